The molecule has 0 unspecified atom stereocenters. The summed E-state index contributed by atoms with van der Waals surface area (Å²) in [6.07, 6.45) is 0. The van der Waals surface area contributed by atoms with Crippen LogP contribution in [0.3, 0.4) is 0 Å². The molecule has 0 aliphatic rings. The summed E-state index contributed by atoms with van der Waals surface area (Å²) in [5.41, 5.74) is 0.557. The number of nitrogens with zero attached hydrogens (tertiary/aromatic N) is 1. The van der Waals surface area contributed by atoms with Crippen molar-refractivity contribution in [2.75, 3.05) is 6.54 Å². The Balaban J connectivity index is 1.78. The van der Waals surface area contributed by atoms with Crippen molar-refractivity contribution >= 4 is 17.4 Å². The fraction of sp³-hybridized carbons (Fsp3) is 0.467. The number of carbonyl (C=O) groups is 1. The van der Waals surface area contributed by atoms with Crippen molar-refractivity contribution in [2.45, 2.75) is 38.8 Å². The Morgan fingerprint density at radius 2 is 2.27 bits per heavy atom. The van der Waals surface area contributed by atoms with E-state index in [4.69, 9.17) is 4.52 Å². The van der Waals surface area contributed by atoms with E-state index in [1.807, 2.05) is 36.7 Å². The summed E-state index contributed by atoms with van der Waals surface area (Å²) in [7, 11) is 0. The topological polar surface area (TPSA) is 87.4 Å². The number of rotatable bonds is 6. The van der Waals surface area contributed by atoms with E-state index in [9.17, 15) is 9.90 Å². The first-order valence-corrected chi connectivity index (χ1v) is 8.05. The largest absolute Gasteiger partial charge is 0.384 e. The Bertz CT molecular complexity index is 605. The normalized spacial score (nSPS) is 13.9. The van der Waals surface area contributed by atoms with Crippen molar-refractivity contribution in [3.8, 4) is 0 Å². The van der Waals surface area contributed by atoms with E-state index >= 15 is 0 Å². The molecule has 0 spiro atoms. The number of hydrogen-bond acceptors (Lipinski definition) is 5. The second-order valence-electron chi connectivity index (χ2n) is 5.69. The van der Waals surface area contributed by atoms with Crippen LogP contribution in [0.15, 0.2) is 27.4 Å². The molecule has 7 heteroatoms. The van der Waals surface area contributed by atoms with E-state index in [0.717, 1.165) is 11.3 Å². The molecule has 0 saturated heterocycles. The Kier molecular flexibility index (Phi) is 5.20. The van der Waals surface area contributed by atoms with Gasteiger partial charge in [0.25, 0.3) is 0 Å². The highest BCUT2D eigenvalue weighted by atomic mass is 32.1. The Morgan fingerprint density at radius 1 is 1.50 bits per heavy atom. The highest BCUT2D eigenvalue weighted by molar-refractivity contribution is 7.08. The smallest absolute Gasteiger partial charge is 0.315 e. The van der Waals surface area contributed by atoms with Crippen molar-refractivity contribution in [3.05, 3.63) is 39.9 Å². The minimum Gasteiger partial charge on any atom is -0.384 e. The third-order valence-electron chi connectivity index (χ3n) is 3.33. The maximum Gasteiger partial charge on any atom is 0.315 e. The summed E-state index contributed by atoms with van der Waals surface area (Å²) >= 11 is 1.51. The van der Waals surface area contributed by atoms with Gasteiger partial charge in [-0.05, 0) is 35.2 Å². The fourth-order valence-corrected chi connectivity index (χ4v) is 2.62. The molecule has 0 fully saturated rings. The van der Waals surface area contributed by atoms with Crippen molar-refractivity contribution in [3.63, 3.8) is 0 Å². The van der Waals surface area contributed by atoms with E-state index < -0.39 is 5.60 Å². The van der Waals surface area contributed by atoms with Gasteiger partial charge in [-0.15, -0.1) is 0 Å². The summed E-state index contributed by atoms with van der Waals surface area (Å²) in [6, 6.07) is 3.30. The van der Waals surface area contributed by atoms with Crippen molar-refractivity contribution in [2.24, 2.45) is 0 Å². The molecule has 2 rings (SSSR count). The maximum absolute atomic E-state index is 11.8. The van der Waals surface area contributed by atoms with E-state index in [1.54, 1.807) is 6.92 Å². The molecule has 2 aromatic rings. The molecule has 1 atom stereocenters. The number of aliphatic hydroxyl groups is 1. The molecular formula is C15H21N3O3S. The van der Waals surface area contributed by atoms with E-state index in [2.05, 4.69) is 15.8 Å². The molecular weight excluding hydrogens is 302 g/mol. The number of urea groups is 1. The van der Waals surface area contributed by atoms with Crippen LogP contribution in [-0.4, -0.2) is 22.8 Å². The third-order valence-corrected chi connectivity index (χ3v) is 4.01. The SMILES string of the molecule is CC(C)c1cc(CNC(=O)NC[C@](C)(O)c2ccsc2)on1. The third kappa shape index (κ3) is 4.32. The van der Waals surface area contributed by atoms with E-state index in [-0.39, 0.29) is 25.0 Å². The van der Waals surface area contributed by atoms with Gasteiger partial charge in [0, 0.05) is 6.07 Å². The summed E-state index contributed by atoms with van der Waals surface area (Å²) in [5.74, 6) is 0.885. The first-order chi connectivity index (χ1) is 10.4. The summed E-state index contributed by atoms with van der Waals surface area (Å²) in [5, 5.41) is 23.3. The second-order valence-corrected chi connectivity index (χ2v) is 6.47. The van der Waals surface area contributed by atoms with Crippen molar-refractivity contribution in [1.29, 1.82) is 0 Å². The zero-order valence-electron chi connectivity index (χ0n) is 12.9. The van der Waals surface area contributed by atoms with Gasteiger partial charge in [-0.1, -0.05) is 19.0 Å². The molecule has 0 aromatic carbocycles. The van der Waals surface area contributed by atoms with Crippen LogP contribution in [0.4, 0.5) is 4.79 Å². The molecule has 0 radical (unpaired) electrons. The zero-order valence-corrected chi connectivity index (χ0v) is 13.7. The van der Waals surface area contributed by atoms with Crippen LogP contribution in [-0.2, 0) is 12.1 Å². The van der Waals surface area contributed by atoms with Crippen LogP contribution in [0.25, 0.3) is 0 Å². The molecule has 22 heavy (non-hydrogen) atoms. The number of thiophene rings is 1. The summed E-state index contributed by atoms with van der Waals surface area (Å²) in [6.45, 7) is 6.10. The van der Waals surface area contributed by atoms with Gasteiger partial charge in [-0.3, -0.25) is 0 Å². The van der Waals surface area contributed by atoms with E-state index in [1.165, 1.54) is 11.3 Å². The standard InChI is InChI=1S/C15H21N3O3S/c1-10(2)13-6-12(21-18-13)7-16-14(19)17-9-15(3,20)11-4-5-22-8-11/h4-6,8,10,20H,7,9H2,1-3H3,(H2,16,17,19)/t15-/m0/s1. The van der Waals surface area contributed by atoms with E-state index in [0.29, 0.717) is 5.76 Å². The zero-order chi connectivity index (χ0) is 16.2. The van der Waals surface area contributed by atoms with Gasteiger partial charge >= 0.3 is 6.03 Å². The van der Waals surface area contributed by atoms with Crippen LogP contribution in [0.2, 0.25) is 0 Å². The average Bonchev–Trinajstić information content (AvgIpc) is 3.13. The first kappa shape index (κ1) is 16.5. The van der Waals surface area contributed by atoms with Gasteiger partial charge in [0.05, 0.1) is 18.8 Å². The number of aromatic nitrogens is 1. The van der Waals surface area contributed by atoms with Crippen molar-refractivity contribution < 1.29 is 14.4 Å². The lowest BCUT2D eigenvalue weighted by molar-refractivity contribution is 0.0598. The first-order valence-electron chi connectivity index (χ1n) is 7.11. The lowest BCUT2D eigenvalue weighted by Crippen LogP contribution is -2.43. The predicted octanol–water partition coefficient (Wildman–Crippen LogP) is 2.57. The average molecular weight is 323 g/mol. The van der Waals surface area contributed by atoms with Gasteiger partial charge in [-0.25, -0.2) is 4.79 Å². The van der Waals surface area contributed by atoms with Crippen LogP contribution < -0.4 is 10.6 Å². The lowest BCUT2D eigenvalue weighted by Gasteiger charge is -2.22. The van der Waals surface area contributed by atoms with Gasteiger partial charge in [0.1, 0.15) is 5.60 Å². The highest BCUT2D eigenvalue weighted by Crippen LogP contribution is 2.21. The molecule has 0 bridgehead atoms. The molecule has 120 valence electrons. The van der Waals surface area contributed by atoms with Gasteiger partial charge in [-0.2, -0.15) is 11.3 Å². The number of carbonyl (C=O) groups excluding carboxylic acids is 1. The van der Waals surface area contributed by atoms with Gasteiger partial charge < -0.3 is 20.3 Å². The molecule has 0 aliphatic carbocycles. The molecule has 2 heterocycles. The van der Waals surface area contributed by atoms with Gasteiger partial charge in [0.15, 0.2) is 5.76 Å². The van der Waals surface area contributed by atoms with Crippen LogP contribution in [0, 0.1) is 0 Å². The van der Waals surface area contributed by atoms with Crippen LogP contribution in [0.5, 0.6) is 0 Å². The summed E-state index contributed by atoms with van der Waals surface area (Å²) < 4.78 is 5.14. The van der Waals surface area contributed by atoms with Gasteiger partial charge in [0.2, 0.25) is 0 Å². The Hall–Kier alpha value is -1.86. The number of amides is 2. The number of nitrogens with one attached hydrogen (secondary N) is 2. The molecule has 3 N–H and O–H groups in total. The van der Waals surface area contributed by atoms with Crippen LogP contribution in [0.1, 0.15) is 43.7 Å². The van der Waals surface area contributed by atoms with Crippen molar-refractivity contribution in [1.82, 2.24) is 15.8 Å². The second kappa shape index (κ2) is 6.93. The molecule has 0 aliphatic heterocycles. The number of hydrogen-bond donors (Lipinski definition) is 3. The molecule has 0 saturated carbocycles. The highest BCUT2D eigenvalue weighted by Gasteiger charge is 2.24. The molecule has 2 aromatic heterocycles. The molecule has 2 amide bonds. The monoisotopic (exact) mass is 323 g/mol. The lowest BCUT2D eigenvalue weighted by atomic mass is 9.99. The molecule has 6 nitrogen and oxygen atoms in total. The minimum atomic E-state index is -1.09. The fourth-order valence-electron chi connectivity index (χ4n) is 1.84. The minimum absolute atomic E-state index is 0.128. The summed E-state index contributed by atoms with van der Waals surface area (Å²) in [4.78, 5) is 11.8. The Morgan fingerprint density at radius 3 is 2.86 bits per heavy atom. The predicted molar refractivity (Wildman–Crippen MR) is 84.7 cm³/mol. The Labute approximate surface area is 133 Å². The quantitative estimate of drug-likeness (QED) is 0.762. The van der Waals surface area contributed by atoms with Crippen LogP contribution >= 0.6 is 11.3 Å². The maximum atomic E-state index is 11.8.